The Balaban J connectivity index is 1.46. The topological polar surface area (TPSA) is 60.3 Å². The molecule has 5 nitrogen and oxygen atoms in total. The van der Waals surface area contributed by atoms with Crippen LogP contribution in [0.1, 0.15) is 54.2 Å². The van der Waals surface area contributed by atoms with E-state index in [0.717, 1.165) is 43.4 Å². The lowest BCUT2D eigenvalue weighted by molar-refractivity contribution is 0.0979. The Kier molecular flexibility index (Phi) is 5.99. The Morgan fingerprint density at radius 2 is 2.00 bits per heavy atom. The van der Waals surface area contributed by atoms with E-state index in [0.29, 0.717) is 13.0 Å². The minimum Gasteiger partial charge on any atom is -0.447 e. The van der Waals surface area contributed by atoms with Crippen LogP contribution in [0.15, 0.2) is 42.6 Å². The van der Waals surface area contributed by atoms with Gasteiger partial charge in [0.2, 0.25) is 0 Å². The Labute approximate surface area is 160 Å². The zero-order valence-electron chi connectivity index (χ0n) is 16.2. The first kappa shape index (κ1) is 19.2. The number of alkyl carbamates (subject to hydrolysis) is 1. The molecule has 1 fully saturated rings. The van der Waals surface area contributed by atoms with Crippen molar-refractivity contribution in [2.24, 2.45) is 7.05 Å². The molecule has 1 atom stereocenters. The summed E-state index contributed by atoms with van der Waals surface area (Å²) in [4.78, 5) is 23.8. The van der Waals surface area contributed by atoms with Gasteiger partial charge in [-0.15, -0.1) is 0 Å². The van der Waals surface area contributed by atoms with Gasteiger partial charge >= 0.3 is 6.09 Å². The van der Waals surface area contributed by atoms with Crippen LogP contribution in [-0.2, 0) is 24.6 Å². The second-order valence-corrected chi connectivity index (χ2v) is 7.71. The van der Waals surface area contributed by atoms with Crippen molar-refractivity contribution in [2.75, 3.05) is 6.61 Å². The Morgan fingerprint density at radius 1 is 1.22 bits per heavy atom. The van der Waals surface area contributed by atoms with E-state index in [-0.39, 0.29) is 17.4 Å². The van der Waals surface area contributed by atoms with E-state index in [2.05, 4.69) is 29.6 Å². The summed E-state index contributed by atoms with van der Waals surface area (Å²) in [5, 5.41) is 2.86. The second-order valence-electron chi connectivity index (χ2n) is 7.71. The fourth-order valence-electron chi connectivity index (χ4n) is 3.50. The van der Waals surface area contributed by atoms with Crippen molar-refractivity contribution >= 4 is 11.9 Å². The number of cyclic esters (lactones) is 1. The van der Waals surface area contributed by atoms with Crippen LogP contribution in [0.2, 0.25) is 0 Å². The maximum absolute atomic E-state index is 12.5. The summed E-state index contributed by atoms with van der Waals surface area (Å²) in [6, 6.07) is 12.4. The van der Waals surface area contributed by atoms with E-state index < -0.39 is 0 Å². The molecule has 27 heavy (non-hydrogen) atoms. The van der Waals surface area contributed by atoms with Gasteiger partial charge in [-0.3, -0.25) is 4.79 Å². The van der Waals surface area contributed by atoms with E-state index in [1.807, 2.05) is 36.9 Å². The van der Waals surface area contributed by atoms with Crippen molar-refractivity contribution in [3.05, 3.63) is 59.4 Å². The summed E-state index contributed by atoms with van der Waals surface area (Å²) >= 11 is 0. The molecule has 1 N–H and O–H groups in total. The van der Waals surface area contributed by atoms with Crippen molar-refractivity contribution in [3.8, 4) is 0 Å². The number of rotatable bonds is 9. The molecule has 1 amide bonds. The van der Waals surface area contributed by atoms with E-state index in [9.17, 15) is 9.59 Å². The molecule has 1 aliphatic heterocycles. The zero-order chi connectivity index (χ0) is 19.3. The van der Waals surface area contributed by atoms with E-state index >= 15 is 0 Å². The van der Waals surface area contributed by atoms with Crippen LogP contribution in [0.3, 0.4) is 0 Å². The molecule has 1 aromatic carbocycles. The van der Waals surface area contributed by atoms with Gasteiger partial charge in [0.1, 0.15) is 6.61 Å². The third kappa shape index (κ3) is 5.22. The average Bonchev–Trinajstić information content (AvgIpc) is 3.20. The van der Waals surface area contributed by atoms with Crippen molar-refractivity contribution in [1.82, 2.24) is 9.88 Å². The fraction of sp³-hybridized carbons (Fsp3) is 0.455. The SMILES string of the molecule is Cn1cc(C(=O)CCCCc2ccccc2)cc1CC[C@]1(C)COC(=O)N1. The first-order valence-corrected chi connectivity index (χ1v) is 9.62. The highest BCUT2D eigenvalue weighted by Crippen LogP contribution is 2.21. The normalized spacial score (nSPS) is 19.0. The second kappa shape index (κ2) is 8.42. The molecule has 144 valence electrons. The number of amides is 1. The predicted octanol–water partition coefficient (Wildman–Crippen LogP) is 4.05. The molecule has 1 aliphatic rings. The van der Waals surface area contributed by atoms with Gasteiger partial charge in [-0.2, -0.15) is 0 Å². The fourth-order valence-corrected chi connectivity index (χ4v) is 3.50. The number of carbonyl (C=O) groups excluding carboxylic acids is 2. The summed E-state index contributed by atoms with van der Waals surface area (Å²) in [5.41, 5.74) is 2.88. The minimum atomic E-state index is -0.351. The highest BCUT2D eigenvalue weighted by Gasteiger charge is 2.34. The van der Waals surface area contributed by atoms with Crippen LogP contribution in [0, 0.1) is 0 Å². The molecular weight excluding hydrogens is 340 g/mol. The monoisotopic (exact) mass is 368 g/mol. The number of ketones is 1. The molecule has 0 radical (unpaired) electrons. The number of hydrogen-bond acceptors (Lipinski definition) is 3. The average molecular weight is 368 g/mol. The first-order chi connectivity index (χ1) is 13.0. The number of aromatic nitrogens is 1. The largest absolute Gasteiger partial charge is 0.447 e. The van der Waals surface area contributed by atoms with Crippen molar-refractivity contribution in [1.29, 1.82) is 0 Å². The van der Waals surface area contributed by atoms with Crippen LogP contribution in [0.4, 0.5) is 4.79 Å². The maximum Gasteiger partial charge on any atom is 0.407 e. The number of benzene rings is 1. The first-order valence-electron chi connectivity index (χ1n) is 9.62. The maximum atomic E-state index is 12.5. The number of nitrogens with zero attached hydrogens (tertiary/aromatic N) is 1. The number of unbranched alkanes of at least 4 members (excludes halogenated alkanes) is 1. The van der Waals surface area contributed by atoms with Gasteiger partial charge in [0.05, 0.1) is 5.54 Å². The number of hydrogen-bond donors (Lipinski definition) is 1. The number of aryl methyl sites for hydroxylation is 3. The molecule has 5 heteroatoms. The highest BCUT2D eigenvalue weighted by molar-refractivity contribution is 5.96. The molecular formula is C22H28N2O3. The van der Waals surface area contributed by atoms with Gasteiger partial charge in [0.15, 0.2) is 5.78 Å². The number of Topliss-reactive ketones (excluding diaryl/α,β-unsaturated/α-hetero) is 1. The molecule has 0 spiro atoms. The Hall–Kier alpha value is -2.56. The standard InChI is InChI=1S/C22H28N2O3/c1-22(16-27-21(26)23-22)13-12-19-14-18(15-24(19)2)20(25)11-7-6-10-17-8-4-3-5-9-17/h3-5,8-9,14-15H,6-7,10-13,16H2,1-2H3,(H,23,26)/t22-/m1/s1. The van der Waals surface area contributed by atoms with E-state index in [1.54, 1.807) is 0 Å². The van der Waals surface area contributed by atoms with Crippen LogP contribution >= 0.6 is 0 Å². The molecule has 0 unspecified atom stereocenters. The molecule has 0 aliphatic carbocycles. The zero-order valence-corrected chi connectivity index (χ0v) is 16.2. The van der Waals surface area contributed by atoms with Gasteiger partial charge < -0.3 is 14.6 Å². The quantitative estimate of drug-likeness (QED) is 0.536. The lowest BCUT2D eigenvalue weighted by Gasteiger charge is -2.20. The van der Waals surface area contributed by atoms with Crippen LogP contribution in [-0.4, -0.2) is 28.6 Å². The lowest BCUT2D eigenvalue weighted by atomic mass is 9.96. The predicted molar refractivity (Wildman–Crippen MR) is 105 cm³/mol. The molecule has 3 rings (SSSR count). The Bertz CT molecular complexity index is 797. The third-order valence-corrected chi connectivity index (χ3v) is 5.25. The van der Waals surface area contributed by atoms with Gasteiger partial charge in [0.25, 0.3) is 0 Å². The summed E-state index contributed by atoms with van der Waals surface area (Å²) < 4.78 is 7.02. The van der Waals surface area contributed by atoms with Crippen LogP contribution in [0.25, 0.3) is 0 Å². The summed E-state index contributed by atoms with van der Waals surface area (Å²) in [5.74, 6) is 0.202. The van der Waals surface area contributed by atoms with Crippen molar-refractivity contribution in [3.63, 3.8) is 0 Å². The third-order valence-electron chi connectivity index (χ3n) is 5.25. The molecule has 2 aromatic rings. The lowest BCUT2D eigenvalue weighted by Crippen LogP contribution is -2.40. The van der Waals surface area contributed by atoms with Crippen LogP contribution in [0.5, 0.6) is 0 Å². The smallest absolute Gasteiger partial charge is 0.407 e. The van der Waals surface area contributed by atoms with E-state index in [4.69, 9.17) is 4.74 Å². The summed E-state index contributed by atoms with van der Waals surface area (Å²) in [6.45, 7) is 2.38. The number of carbonyl (C=O) groups is 2. The Morgan fingerprint density at radius 3 is 2.70 bits per heavy atom. The molecule has 2 heterocycles. The van der Waals surface area contributed by atoms with Gasteiger partial charge in [0, 0.05) is 30.9 Å². The van der Waals surface area contributed by atoms with Crippen LogP contribution < -0.4 is 5.32 Å². The summed E-state index contributed by atoms with van der Waals surface area (Å²) in [6.07, 6.45) is 6.65. The van der Waals surface area contributed by atoms with Gasteiger partial charge in [-0.05, 0) is 50.7 Å². The van der Waals surface area contributed by atoms with E-state index in [1.165, 1.54) is 5.56 Å². The number of ether oxygens (including phenoxy) is 1. The minimum absolute atomic E-state index is 0.202. The van der Waals surface area contributed by atoms with Crippen molar-refractivity contribution < 1.29 is 14.3 Å². The number of nitrogens with one attached hydrogen (secondary N) is 1. The van der Waals surface area contributed by atoms with Gasteiger partial charge in [-0.25, -0.2) is 4.79 Å². The highest BCUT2D eigenvalue weighted by atomic mass is 16.6. The molecule has 1 saturated heterocycles. The van der Waals surface area contributed by atoms with Crippen molar-refractivity contribution in [2.45, 2.75) is 51.0 Å². The molecule has 0 saturated carbocycles. The summed E-state index contributed by atoms with van der Waals surface area (Å²) in [7, 11) is 1.97. The van der Waals surface area contributed by atoms with Gasteiger partial charge in [-0.1, -0.05) is 30.3 Å². The molecule has 0 bridgehead atoms. The molecule has 1 aromatic heterocycles.